The Morgan fingerprint density at radius 1 is 1.05 bits per heavy atom. The monoisotopic (exact) mass is 340 g/mol. The van der Waals surface area contributed by atoms with Crippen molar-refractivity contribution in [3.63, 3.8) is 0 Å². The summed E-state index contributed by atoms with van der Waals surface area (Å²) in [6.45, 7) is 0. The standard InChI is InChI=1S/C11H7N2O6S.2Na/c14-9-8(10(15)13-11(16)12-9)5-6-2-1-3-7(4-6)20(17,18)19;;/h2-5H,(H,17,18,19)(H2,12,13,14,15,16);;/q-1;2*+1/p-1. The van der Waals surface area contributed by atoms with E-state index in [1.807, 2.05) is 10.6 Å². The topological polar surface area (TPSA) is 132 Å². The first-order valence-electron chi connectivity index (χ1n) is 5.13. The number of carbonyl (C=O) groups excluding carboxylic acids is 3. The van der Waals surface area contributed by atoms with Gasteiger partial charge < -0.3 is 4.55 Å². The van der Waals surface area contributed by atoms with E-state index in [9.17, 15) is 27.4 Å². The number of barbiturate groups is 1. The molecule has 0 unspecified atom stereocenters. The Bertz CT molecular complexity index is 738. The fourth-order valence-corrected chi connectivity index (χ4v) is 1.96. The second-order valence-electron chi connectivity index (χ2n) is 3.75. The van der Waals surface area contributed by atoms with Crippen LogP contribution in [0.4, 0.5) is 4.79 Å². The second-order valence-corrected chi connectivity index (χ2v) is 5.13. The number of nitrogens with one attached hydrogen (secondary N) is 2. The molecule has 1 fully saturated rings. The molecule has 0 radical (unpaired) electrons. The molecule has 0 bridgehead atoms. The Kier molecular flexibility index (Phi) is 8.17. The minimum absolute atomic E-state index is 0. The molecular formula is C11H6N2Na2O6S. The normalized spacial score (nSPS) is 14.2. The van der Waals surface area contributed by atoms with Crippen LogP contribution in [0.3, 0.4) is 0 Å². The number of amides is 4. The number of imide groups is 2. The summed E-state index contributed by atoms with van der Waals surface area (Å²) in [5.74, 6) is -1.84. The van der Waals surface area contributed by atoms with Gasteiger partial charge in [-0.25, -0.2) is 4.79 Å². The molecule has 2 rings (SSSR count). The van der Waals surface area contributed by atoms with Gasteiger partial charge in [0.2, 0.25) is 0 Å². The first kappa shape index (κ1) is 21.5. The molecule has 1 aromatic carbocycles. The van der Waals surface area contributed by atoms with Crippen LogP contribution in [0, 0.1) is 6.07 Å². The van der Waals surface area contributed by atoms with Gasteiger partial charge in [-0.3, -0.25) is 28.6 Å². The molecular weight excluding hydrogens is 334 g/mol. The first-order chi connectivity index (χ1) is 9.27. The number of urea groups is 1. The molecule has 2 N–H and O–H groups in total. The van der Waals surface area contributed by atoms with E-state index in [1.165, 1.54) is 6.07 Å². The van der Waals surface area contributed by atoms with E-state index in [1.54, 1.807) is 0 Å². The molecule has 22 heavy (non-hydrogen) atoms. The number of hydrogen-bond donors (Lipinski definition) is 2. The molecule has 8 nitrogen and oxygen atoms in total. The summed E-state index contributed by atoms with van der Waals surface area (Å²) in [7, 11) is -4.67. The quantitative estimate of drug-likeness (QED) is 0.181. The molecule has 0 saturated carbocycles. The molecule has 4 amide bonds. The van der Waals surface area contributed by atoms with Gasteiger partial charge in [-0.15, -0.1) is 11.6 Å². The molecule has 1 aromatic rings. The van der Waals surface area contributed by atoms with Crippen LogP contribution in [-0.2, 0) is 19.7 Å². The van der Waals surface area contributed by atoms with Gasteiger partial charge in [0, 0.05) is 0 Å². The Morgan fingerprint density at radius 2 is 1.59 bits per heavy atom. The van der Waals surface area contributed by atoms with Gasteiger partial charge in [-0.2, -0.15) is 18.2 Å². The molecule has 0 aromatic heterocycles. The molecule has 0 aliphatic carbocycles. The van der Waals surface area contributed by atoms with Crippen molar-refractivity contribution in [1.29, 1.82) is 0 Å². The summed E-state index contributed by atoms with van der Waals surface area (Å²) in [6.07, 6.45) is 1.04. The molecule has 1 aliphatic rings. The summed E-state index contributed by atoms with van der Waals surface area (Å²) in [4.78, 5) is 33.2. The molecule has 1 aliphatic heterocycles. The average molecular weight is 340 g/mol. The van der Waals surface area contributed by atoms with E-state index in [-0.39, 0.29) is 64.7 Å². The maximum atomic E-state index is 11.5. The van der Waals surface area contributed by atoms with Crippen LogP contribution in [0.15, 0.2) is 28.7 Å². The third-order valence-corrected chi connectivity index (χ3v) is 3.14. The summed E-state index contributed by atoms with van der Waals surface area (Å²) in [6, 6.07) is 4.70. The molecule has 0 spiro atoms. The first-order valence-corrected chi connectivity index (χ1v) is 6.53. The van der Waals surface area contributed by atoms with Crippen molar-refractivity contribution in [3.05, 3.63) is 35.4 Å². The van der Waals surface area contributed by atoms with Crippen LogP contribution in [0.2, 0.25) is 0 Å². The van der Waals surface area contributed by atoms with Crippen molar-refractivity contribution < 1.29 is 86.5 Å². The van der Waals surface area contributed by atoms with E-state index in [2.05, 4.69) is 6.07 Å². The maximum Gasteiger partial charge on any atom is 1.00 e. The molecule has 11 heteroatoms. The van der Waals surface area contributed by atoms with Gasteiger partial charge in [-0.1, -0.05) is 11.0 Å². The number of rotatable bonds is 2. The number of hydrogen-bond acceptors (Lipinski definition) is 6. The van der Waals surface area contributed by atoms with Crippen LogP contribution in [0.5, 0.6) is 0 Å². The van der Waals surface area contributed by atoms with Crippen LogP contribution >= 0.6 is 0 Å². The van der Waals surface area contributed by atoms with Crippen LogP contribution < -0.4 is 69.7 Å². The average Bonchev–Trinajstić information content (AvgIpc) is 2.33. The van der Waals surface area contributed by atoms with Crippen LogP contribution in [0.25, 0.3) is 6.08 Å². The predicted octanol–water partition coefficient (Wildman–Crippen LogP) is -6.85. The Morgan fingerprint density at radius 3 is 2.09 bits per heavy atom. The fraction of sp³-hybridized carbons (Fsp3) is 0. The SMILES string of the molecule is O=C1NC(=O)C(=Cc2c[c-]cc(S(=O)(=O)[O-])c2)C(=O)N1.[Na+].[Na+]. The minimum atomic E-state index is -4.67. The zero-order valence-corrected chi connectivity index (χ0v) is 16.5. The largest absolute Gasteiger partial charge is 1.00 e. The molecule has 0 atom stereocenters. The van der Waals surface area contributed by atoms with E-state index >= 15 is 0 Å². The third-order valence-electron chi connectivity index (χ3n) is 2.33. The summed E-state index contributed by atoms with van der Waals surface area (Å²) in [5.41, 5.74) is -0.282. The second kappa shape index (κ2) is 8.37. The van der Waals surface area contributed by atoms with E-state index in [0.717, 1.165) is 18.2 Å². The third kappa shape index (κ3) is 5.28. The predicted molar refractivity (Wildman–Crippen MR) is 62.9 cm³/mol. The van der Waals surface area contributed by atoms with Gasteiger partial charge in [0.15, 0.2) is 0 Å². The molecule has 104 valence electrons. The minimum Gasteiger partial charge on any atom is -0.754 e. The van der Waals surface area contributed by atoms with E-state index in [0.29, 0.717) is 0 Å². The van der Waals surface area contributed by atoms with Crippen molar-refractivity contribution in [2.24, 2.45) is 0 Å². The zero-order chi connectivity index (χ0) is 14.9. The van der Waals surface area contributed by atoms with Crippen LogP contribution in [0.1, 0.15) is 5.56 Å². The van der Waals surface area contributed by atoms with Crippen LogP contribution in [-0.4, -0.2) is 30.8 Å². The summed E-state index contributed by atoms with van der Waals surface area (Å²) >= 11 is 0. The van der Waals surface area contributed by atoms with Crippen molar-refractivity contribution in [2.75, 3.05) is 0 Å². The maximum absolute atomic E-state index is 11.5. The summed E-state index contributed by atoms with van der Waals surface area (Å²) in [5, 5.41) is 3.71. The van der Waals surface area contributed by atoms with E-state index in [4.69, 9.17) is 0 Å². The van der Waals surface area contributed by atoms with Crippen molar-refractivity contribution in [2.45, 2.75) is 4.90 Å². The molecule has 1 saturated heterocycles. The number of benzene rings is 1. The van der Waals surface area contributed by atoms with Crippen molar-refractivity contribution in [3.8, 4) is 0 Å². The molecule has 1 heterocycles. The van der Waals surface area contributed by atoms with Gasteiger partial charge in [-0.05, 0) is 0 Å². The van der Waals surface area contributed by atoms with Gasteiger partial charge in [0.25, 0.3) is 11.8 Å². The van der Waals surface area contributed by atoms with Gasteiger partial charge in [0.05, 0.1) is 15.7 Å². The Hall–Kier alpha value is -0.520. The van der Waals surface area contributed by atoms with Gasteiger partial charge in [0.1, 0.15) is 0 Å². The van der Waals surface area contributed by atoms with Crippen molar-refractivity contribution >= 4 is 34.0 Å². The fourth-order valence-electron chi connectivity index (χ4n) is 1.47. The van der Waals surface area contributed by atoms with Gasteiger partial charge >= 0.3 is 65.1 Å². The number of carbonyl (C=O) groups is 3. The van der Waals surface area contributed by atoms with E-state index < -0.39 is 38.4 Å². The zero-order valence-electron chi connectivity index (χ0n) is 11.7. The smallest absolute Gasteiger partial charge is 0.754 e. The Balaban J connectivity index is 0.00000220. The Labute approximate surface area is 170 Å². The van der Waals surface area contributed by atoms with Crippen molar-refractivity contribution in [1.82, 2.24) is 10.6 Å². The summed E-state index contributed by atoms with van der Waals surface area (Å²) < 4.78 is 32.5.